The van der Waals surface area contributed by atoms with Crippen molar-refractivity contribution in [2.24, 2.45) is 5.92 Å². The minimum atomic E-state index is -3.28. The first kappa shape index (κ1) is 23.1. The Kier molecular flexibility index (Phi) is 6.02. The molecule has 31 heavy (non-hydrogen) atoms. The molecule has 2 saturated heterocycles. The van der Waals surface area contributed by atoms with E-state index >= 15 is 4.11 Å². The molecule has 6 nitrogen and oxygen atoms in total. The molecule has 0 unspecified atom stereocenters. The van der Waals surface area contributed by atoms with Gasteiger partial charge < -0.3 is 23.8 Å². The van der Waals surface area contributed by atoms with Gasteiger partial charge in [0, 0.05) is 34.2 Å². The molecule has 0 aliphatic carbocycles. The van der Waals surface area contributed by atoms with Crippen LogP contribution >= 0.6 is 22.6 Å². The molecular formula is C22H30FIN2O4Si. The topological polar surface area (TPSA) is 70.1 Å². The van der Waals surface area contributed by atoms with Crippen LogP contribution in [0.25, 0.3) is 0 Å². The molecule has 0 bridgehead atoms. The number of aliphatic hydroxyl groups excluding tert-OH is 1. The Morgan fingerprint density at radius 2 is 2.13 bits per heavy atom. The van der Waals surface area contributed by atoms with Crippen molar-refractivity contribution in [3.8, 4) is 0 Å². The zero-order valence-electron chi connectivity index (χ0n) is 18.4. The second-order valence-corrected chi connectivity index (χ2v) is 14.6. The van der Waals surface area contributed by atoms with Gasteiger partial charge in [-0.1, -0.05) is 6.92 Å². The molecule has 1 N–H and O–H groups in total. The summed E-state index contributed by atoms with van der Waals surface area (Å²) >= 11 is 2.21. The van der Waals surface area contributed by atoms with Crippen molar-refractivity contribution >= 4 is 48.5 Å². The van der Waals surface area contributed by atoms with Crippen molar-refractivity contribution in [3.05, 3.63) is 27.3 Å². The van der Waals surface area contributed by atoms with Crippen molar-refractivity contribution in [1.29, 1.82) is 0 Å². The molecular weight excluding hydrogens is 530 g/mol. The van der Waals surface area contributed by atoms with Crippen LogP contribution in [0.5, 0.6) is 0 Å². The second kappa shape index (κ2) is 8.07. The number of hydrogen-bond donors (Lipinski definition) is 1. The lowest BCUT2D eigenvalue weighted by molar-refractivity contribution is -0.149. The van der Waals surface area contributed by atoms with Gasteiger partial charge in [0.05, 0.1) is 30.9 Å². The largest absolute Gasteiger partial charge is 0.394 e. The summed E-state index contributed by atoms with van der Waals surface area (Å²) in [5.74, 6) is -0.709. The highest BCUT2D eigenvalue weighted by Gasteiger charge is 2.66. The van der Waals surface area contributed by atoms with E-state index < -0.39 is 31.6 Å². The highest BCUT2D eigenvalue weighted by atomic mass is 127. The van der Waals surface area contributed by atoms with E-state index in [1.165, 1.54) is 0 Å². The molecule has 5 atom stereocenters. The van der Waals surface area contributed by atoms with Crippen LogP contribution in [-0.4, -0.2) is 62.6 Å². The molecule has 2 fully saturated rings. The van der Waals surface area contributed by atoms with Crippen LogP contribution in [0.2, 0.25) is 18.6 Å². The van der Waals surface area contributed by atoms with Gasteiger partial charge >= 0.3 is 0 Å². The van der Waals surface area contributed by atoms with Crippen LogP contribution in [-0.2, 0) is 19.9 Å². The summed E-state index contributed by atoms with van der Waals surface area (Å²) in [6.45, 7) is 5.70. The molecule has 3 aliphatic heterocycles. The standard InChI is InChI=1S/C22H30FIN2O4Si/c1-13-20(31(3,4)23)18(11-19(28)26-9-5-6-15(26)12-27)30-22(13)16-10-14(24)7-8-17(16)25(2)21(22)29/h7-8,10,13,15,18,20,27H,5-6,9,11-12H2,1-4H3/t13-,15+,18+,20-,22+/m1/s1. The summed E-state index contributed by atoms with van der Waals surface area (Å²) in [4.78, 5) is 30.0. The second-order valence-electron chi connectivity index (χ2n) is 9.57. The van der Waals surface area contributed by atoms with Crippen LogP contribution in [0.4, 0.5) is 9.80 Å². The predicted molar refractivity (Wildman–Crippen MR) is 127 cm³/mol. The lowest BCUT2D eigenvalue weighted by Gasteiger charge is -2.31. The van der Waals surface area contributed by atoms with Crippen molar-refractivity contribution in [3.63, 3.8) is 0 Å². The van der Waals surface area contributed by atoms with Crippen LogP contribution in [0.15, 0.2) is 18.2 Å². The van der Waals surface area contributed by atoms with E-state index in [2.05, 4.69) is 22.6 Å². The van der Waals surface area contributed by atoms with E-state index in [9.17, 15) is 14.7 Å². The first-order valence-corrected chi connectivity index (χ1v) is 14.9. The molecule has 2 amide bonds. The van der Waals surface area contributed by atoms with Gasteiger partial charge in [-0.3, -0.25) is 9.59 Å². The minimum absolute atomic E-state index is 0.0316. The van der Waals surface area contributed by atoms with Gasteiger partial charge in [0.15, 0.2) is 5.60 Å². The fraction of sp³-hybridized carbons (Fsp3) is 0.636. The number of halogens is 2. The van der Waals surface area contributed by atoms with Gasteiger partial charge in [0.2, 0.25) is 14.3 Å². The van der Waals surface area contributed by atoms with Crippen LogP contribution in [0, 0.1) is 9.49 Å². The molecule has 9 heteroatoms. The van der Waals surface area contributed by atoms with Crippen molar-refractivity contribution in [2.75, 3.05) is 25.1 Å². The zero-order valence-corrected chi connectivity index (χ0v) is 21.6. The minimum Gasteiger partial charge on any atom is -0.394 e. The number of hydrogen-bond acceptors (Lipinski definition) is 4. The molecule has 3 heterocycles. The number of rotatable bonds is 4. The summed E-state index contributed by atoms with van der Waals surface area (Å²) in [7, 11) is -1.56. The number of fused-ring (bicyclic) bond motifs is 2. The molecule has 0 radical (unpaired) electrons. The summed E-state index contributed by atoms with van der Waals surface area (Å²) < 4.78 is 23.1. The van der Waals surface area contributed by atoms with Gasteiger partial charge in [0.1, 0.15) is 0 Å². The predicted octanol–water partition coefficient (Wildman–Crippen LogP) is 3.42. The Morgan fingerprint density at radius 1 is 1.42 bits per heavy atom. The Labute approximate surface area is 197 Å². The normalized spacial score (nSPS) is 32.9. The first-order valence-electron chi connectivity index (χ1n) is 10.9. The maximum atomic E-state index is 15.6. The number of anilines is 1. The van der Waals surface area contributed by atoms with Gasteiger partial charge in [-0.2, -0.15) is 0 Å². The van der Waals surface area contributed by atoms with E-state index in [1.54, 1.807) is 29.9 Å². The van der Waals surface area contributed by atoms with Crippen LogP contribution in [0.1, 0.15) is 31.7 Å². The summed E-state index contributed by atoms with van der Waals surface area (Å²) in [5, 5.41) is 9.61. The SMILES string of the molecule is C[C@@H]1[C@@H]([Si](C)(C)F)[C@H](CC(=O)N2CCC[C@H]2CO)O[C@@]12C(=O)N(C)c1ccc(I)cc12. The molecule has 0 aromatic heterocycles. The third-order valence-corrected chi connectivity index (χ3v) is 10.5. The Bertz CT molecular complexity index is 910. The first-order chi connectivity index (χ1) is 14.5. The Morgan fingerprint density at radius 3 is 2.77 bits per heavy atom. The van der Waals surface area contributed by atoms with E-state index in [0.29, 0.717) is 6.54 Å². The lowest BCUT2D eigenvalue weighted by Crippen LogP contribution is -2.44. The van der Waals surface area contributed by atoms with E-state index in [-0.39, 0.29) is 30.9 Å². The number of nitrogens with zero attached hydrogens (tertiary/aromatic N) is 2. The third-order valence-electron chi connectivity index (χ3n) is 7.34. The average molecular weight is 560 g/mol. The lowest BCUT2D eigenvalue weighted by atomic mass is 9.82. The Balaban J connectivity index is 1.73. The van der Waals surface area contributed by atoms with Crippen LogP contribution in [0.3, 0.4) is 0 Å². The number of carbonyl (C=O) groups excluding carboxylic acids is 2. The number of benzene rings is 1. The van der Waals surface area contributed by atoms with Gasteiger partial charge in [0.25, 0.3) is 5.91 Å². The highest BCUT2D eigenvalue weighted by molar-refractivity contribution is 14.1. The molecule has 1 aromatic carbocycles. The maximum absolute atomic E-state index is 15.6. The molecule has 4 rings (SSSR count). The average Bonchev–Trinajstić information content (AvgIpc) is 3.33. The number of carbonyl (C=O) groups is 2. The maximum Gasteiger partial charge on any atom is 0.264 e. The smallest absolute Gasteiger partial charge is 0.264 e. The quantitative estimate of drug-likeness (QED) is 0.348. The van der Waals surface area contributed by atoms with Crippen molar-refractivity contribution in [1.82, 2.24) is 4.90 Å². The molecule has 1 spiro atoms. The fourth-order valence-electron chi connectivity index (χ4n) is 5.97. The number of amides is 2. The van der Waals surface area contributed by atoms with Crippen molar-refractivity contribution in [2.45, 2.75) is 62.6 Å². The van der Waals surface area contributed by atoms with E-state index in [0.717, 1.165) is 27.7 Å². The van der Waals surface area contributed by atoms with E-state index in [1.807, 2.05) is 25.1 Å². The van der Waals surface area contributed by atoms with Crippen molar-refractivity contribution < 1.29 is 23.5 Å². The highest BCUT2D eigenvalue weighted by Crippen LogP contribution is 2.60. The van der Waals surface area contributed by atoms with Crippen LogP contribution < -0.4 is 4.90 Å². The summed E-state index contributed by atoms with van der Waals surface area (Å²) in [5.41, 5.74) is -0.209. The van der Waals surface area contributed by atoms with Gasteiger partial charge in [-0.15, -0.1) is 0 Å². The fourth-order valence-corrected chi connectivity index (χ4v) is 8.95. The summed E-state index contributed by atoms with van der Waals surface area (Å²) in [6, 6.07) is 5.61. The number of aliphatic hydroxyl groups is 1. The molecule has 0 saturated carbocycles. The zero-order chi connectivity index (χ0) is 22.7. The number of ether oxygens (including phenoxy) is 1. The van der Waals surface area contributed by atoms with Gasteiger partial charge in [-0.05, 0) is 66.7 Å². The molecule has 3 aliphatic rings. The number of likely N-dealkylation sites (tertiary alicyclic amines) is 1. The molecule has 1 aromatic rings. The van der Waals surface area contributed by atoms with E-state index in [4.69, 9.17) is 4.74 Å². The summed E-state index contributed by atoms with van der Waals surface area (Å²) in [6.07, 6.45) is 0.986. The third kappa shape index (κ3) is 3.55. The Hall–Kier alpha value is -1.04. The number of likely N-dealkylation sites (N-methyl/N-ethyl adjacent to an activating group) is 1. The van der Waals surface area contributed by atoms with Gasteiger partial charge in [-0.25, -0.2) is 0 Å². The monoisotopic (exact) mass is 560 g/mol. The molecule has 170 valence electrons.